The molecule has 0 spiro atoms. The summed E-state index contributed by atoms with van der Waals surface area (Å²) in [7, 11) is -3.14. The van der Waals surface area contributed by atoms with Crippen molar-refractivity contribution >= 4 is 7.94 Å². The lowest BCUT2D eigenvalue weighted by molar-refractivity contribution is 0.343. The lowest BCUT2D eigenvalue weighted by Crippen LogP contribution is -2.14. The maximum Gasteiger partial charge on any atom is 0.494 e. The Morgan fingerprint density at radius 3 is 1.28 bits per heavy atom. The summed E-state index contributed by atoms with van der Waals surface area (Å²) < 4.78 is 13.1. The largest absolute Gasteiger partial charge is 0.494 e. The van der Waals surface area contributed by atoms with E-state index in [1.807, 2.05) is 6.92 Å². The van der Waals surface area contributed by atoms with Crippen molar-refractivity contribution in [3.63, 3.8) is 0 Å². The van der Waals surface area contributed by atoms with Crippen molar-refractivity contribution in [2.24, 2.45) is 0 Å². The van der Waals surface area contributed by atoms with Gasteiger partial charge in [0, 0.05) is 11.1 Å². The lowest BCUT2D eigenvalue weighted by Gasteiger charge is -2.23. The molecule has 0 aliphatic carbocycles. The van der Waals surface area contributed by atoms with Crippen molar-refractivity contribution in [2.45, 2.75) is 126 Å². The topological polar surface area (TPSA) is 38.7 Å². The van der Waals surface area contributed by atoms with Crippen LogP contribution in [0.25, 0.3) is 0 Å². The van der Waals surface area contributed by atoms with Gasteiger partial charge >= 0.3 is 7.94 Å². The van der Waals surface area contributed by atoms with Crippen LogP contribution in [-0.4, -0.2) is 11.1 Å². The highest BCUT2D eigenvalue weighted by atomic mass is 31.2. The van der Waals surface area contributed by atoms with Gasteiger partial charge in [-0.3, -0.25) is 9.05 Å². The van der Waals surface area contributed by atoms with Gasteiger partial charge in [0.25, 0.3) is 0 Å². The van der Waals surface area contributed by atoms with Crippen LogP contribution in [0.2, 0.25) is 0 Å². The Kier molecular flexibility index (Phi) is 13.3. The van der Waals surface area contributed by atoms with Crippen LogP contribution in [0.5, 0.6) is 11.5 Å². The van der Waals surface area contributed by atoms with Gasteiger partial charge in [0.1, 0.15) is 0 Å². The molecule has 0 saturated carbocycles. The van der Waals surface area contributed by atoms with Gasteiger partial charge in [-0.05, 0) is 94.4 Å². The van der Waals surface area contributed by atoms with E-state index < -0.39 is 7.94 Å². The second kappa shape index (κ2) is 15.6. The Labute approximate surface area is 222 Å². The molecule has 4 heteroatoms. The molecular formula is C32H52O3P+. The number of hydrogen-bond donors (Lipinski definition) is 1. The van der Waals surface area contributed by atoms with Crippen LogP contribution >= 0.6 is 7.94 Å². The summed E-state index contributed by atoms with van der Waals surface area (Å²) in [5, 5.41) is 0. The van der Waals surface area contributed by atoms with Gasteiger partial charge in [0.05, 0.1) is 0 Å². The molecule has 1 N–H and O–H groups in total. The molecule has 3 nitrogen and oxygen atoms in total. The van der Waals surface area contributed by atoms with E-state index in [1.54, 1.807) is 0 Å². The van der Waals surface area contributed by atoms with Crippen LogP contribution in [0.3, 0.4) is 0 Å². The third-order valence-electron chi connectivity index (χ3n) is 6.93. The highest BCUT2D eigenvalue weighted by Crippen LogP contribution is 2.58. The molecule has 2 rings (SSSR count). The molecular weight excluding hydrogens is 463 g/mol. The molecule has 0 aliphatic heterocycles. The van der Waals surface area contributed by atoms with Crippen molar-refractivity contribution in [1.82, 2.24) is 0 Å². The third kappa shape index (κ3) is 9.07. The number of unbranched alkanes of at least 4 members (excludes halogenated alkanes) is 4. The molecule has 36 heavy (non-hydrogen) atoms. The van der Waals surface area contributed by atoms with Gasteiger partial charge in [-0.2, -0.15) is 4.89 Å². The normalized spacial score (nSPS) is 11.7. The van der Waals surface area contributed by atoms with Crippen molar-refractivity contribution in [2.75, 3.05) is 6.16 Å². The first-order valence-corrected chi connectivity index (χ1v) is 16.3. The third-order valence-corrected chi connectivity index (χ3v) is 8.66. The van der Waals surface area contributed by atoms with Gasteiger partial charge in [0.15, 0.2) is 17.7 Å². The first-order chi connectivity index (χ1) is 17.3. The van der Waals surface area contributed by atoms with Crippen LogP contribution in [0.15, 0.2) is 24.3 Å². The van der Waals surface area contributed by atoms with E-state index in [4.69, 9.17) is 9.05 Å². The van der Waals surface area contributed by atoms with E-state index in [-0.39, 0.29) is 0 Å². The van der Waals surface area contributed by atoms with E-state index in [9.17, 15) is 4.89 Å². The molecule has 0 saturated heterocycles. The van der Waals surface area contributed by atoms with Crippen LogP contribution in [0, 0.1) is 13.8 Å². The summed E-state index contributed by atoms with van der Waals surface area (Å²) in [6, 6.07) is 9.07. The fourth-order valence-corrected chi connectivity index (χ4v) is 6.09. The number of benzene rings is 2. The Hall–Kier alpha value is -1.57. The monoisotopic (exact) mass is 515 g/mol. The van der Waals surface area contributed by atoms with Crippen LogP contribution in [0.4, 0.5) is 0 Å². The molecule has 0 unspecified atom stereocenters. The average Bonchev–Trinajstić information content (AvgIpc) is 2.87. The second-order valence-corrected chi connectivity index (χ2v) is 12.6. The van der Waals surface area contributed by atoms with E-state index in [1.165, 1.54) is 47.9 Å². The Balaban J connectivity index is 2.42. The molecule has 2 aromatic rings. The molecule has 202 valence electrons. The minimum Gasteiger partial charge on any atom is -0.277 e. The first kappa shape index (κ1) is 30.7. The van der Waals surface area contributed by atoms with Crippen molar-refractivity contribution in [3.8, 4) is 11.5 Å². The van der Waals surface area contributed by atoms with Crippen molar-refractivity contribution in [3.05, 3.63) is 57.6 Å². The Morgan fingerprint density at radius 2 is 0.944 bits per heavy atom. The van der Waals surface area contributed by atoms with Gasteiger partial charge in [0.2, 0.25) is 0 Å². The molecule has 0 radical (unpaired) electrons. The second-order valence-electron chi connectivity index (χ2n) is 10.4. The summed E-state index contributed by atoms with van der Waals surface area (Å²) in [5.41, 5.74) is 7.35. The number of rotatable bonds is 17. The predicted octanol–water partition coefficient (Wildman–Crippen LogP) is 9.91. The number of hydrogen-bond acceptors (Lipinski definition) is 3. The maximum atomic E-state index is 11.8. The molecule has 0 heterocycles. The molecule has 0 aromatic heterocycles. The molecule has 0 fully saturated rings. The van der Waals surface area contributed by atoms with Crippen molar-refractivity contribution < 1.29 is 13.9 Å². The molecule has 0 amide bonds. The summed E-state index contributed by atoms with van der Waals surface area (Å²) in [6.45, 7) is 15.1. The minimum atomic E-state index is -3.14. The average molecular weight is 516 g/mol. The van der Waals surface area contributed by atoms with Gasteiger partial charge in [-0.25, -0.2) is 0 Å². The summed E-state index contributed by atoms with van der Waals surface area (Å²) in [5.74, 6) is 1.66. The fourth-order valence-electron chi connectivity index (χ4n) is 4.71. The van der Waals surface area contributed by atoms with Crippen LogP contribution in [0.1, 0.15) is 119 Å². The molecule has 0 aliphatic rings. The lowest BCUT2D eigenvalue weighted by atomic mass is 9.98. The molecule has 0 bridgehead atoms. The fraction of sp³-hybridized carbons (Fsp3) is 0.625. The smallest absolute Gasteiger partial charge is 0.277 e. The van der Waals surface area contributed by atoms with E-state index >= 15 is 0 Å². The van der Waals surface area contributed by atoms with Gasteiger partial charge in [-0.1, -0.05) is 77.6 Å². The summed E-state index contributed by atoms with van der Waals surface area (Å²) >= 11 is 0. The van der Waals surface area contributed by atoms with Gasteiger partial charge in [-0.15, -0.1) is 0 Å². The number of aryl methyl sites for hydroxylation is 6. The first-order valence-electron chi connectivity index (χ1n) is 14.5. The molecule has 2 aromatic carbocycles. The highest BCUT2D eigenvalue weighted by Gasteiger charge is 2.43. The van der Waals surface area contributed by atoms with Crippen LogP contribution < -0.4 is 9.05 Å². The highest BCUT2D eigenvalue weighted by molar-refractivity contribution is 7.61. The standard InChI is InChI=1S/C32H52O3P/c1-8-13-17-27-21-25(6)31(29(23-27)19-15-10-3)34-36(33,12-5)35-32-26(7)22-28(18-14-9-2)24-30(32)20-16-11-4/h21-24,33H,8-20H2,1-7H3/q+1. The zero-order valence-corrected chi connectivity index (χ0v) is 25.1. The van der Waals surface area contributed by atoms with E-state index in [0.717, 1.165) is 74.0 Å². The Morgan fingerprint density at radius 1 is 0.583 bits per heavy atom. The Bertz CT molecular complexity index is 866. The predicted molar refractivity (Wildman–Crippen MR) is 158 cm³/mol. The van der Waals surface area contributed by atoms with Gasteiger partial charge < -0.3 is 0 Å². The quantitative estimate of drug-likeness (QED) is 0.213. The summed E-state index contributed by atoms with van der Waals surface area (Å²) in [4.78, 5) is 11.8. The summed E-state index contributed by atoms with van der Waals surface area (Å²) in [6.07, 6.45) is 13.8. The minimum absolute atomic E-state index is 0.446. The van der Waals surface area contributed by atoms with E-state index in [2.05, 4.69) is 65.8 Å². The zero-order valence-electron chi connectivity index (χ0n) is 24.2. The molecule has 0 atom stereocenters. The van der Waals surface area contributed by atoms with Crippen molar-refractivity contribution in [1.29, 1.82) is 0 Å². The SMILES string of the molecule is CCCCc1cc(C)c(O[P+](O)(CC)Oc2c(C)cc(CCCC)cc2CCCC)c(CCCC)c1. The maximum absolute atomic E-state index is 11.8. The zero-order chi connectivity index (χ0) is 26.6. The van der Waals surface area contributed by atoms with Crippen LogP contribution in [-0.2, 0) is 25.7 Å². The van der Waals surface area contributed by atoms with E-state index in [0.29, 0.717) is 6.16 Å².